The van der Waals surface area contributed by atoms with E-state index in [4.69, 9.17) is 0 Å². The van der Waals surface area contributed by atoms with Gasteiger partial charge in [-0.3, -0.25) is 0 Å². The molecule has 0 saturated carbocycles. The highest BCUT2D eigenvalue weighted by Gasteiger charge is 1.89. The van der Waals surface area contributed by atoms with E-state index in [9.17, 15) is 4.39 Å². The Kier molecular flexibility index (Phi) is 7.66. The van der Waals surface area contributed by atoms with E-state index in [-0.39, 0.29) is 0 Å². The normalized spacial score (nSPS) is 12.3. The Hall–Kier alpha value is -0.850. The summed E-state index contributed by atoms with van der Waals surface area (Å²) >= 11 is 0. The van der Waals surface area contributed by atoms with Gasteiger partial charge in [0.1, 0.15) is 0 Å². The summed E-state index contributed by atoms with van der Waals surface area (Å²) in [5.41, 5.74) is 1.11. The van der Waals surface area contributed by atoms with Crippen LogP contribution in [0.15, 0.2) is 36.7 Å². The standard InChI is InChI=1S/C11H17F/c1-3-5-6-8-11(4-2)9-7-10-12/h4,7,9-10H,2-3,5-6,8H2,1H3/b10-7+,11-9+. The number of hydrogen-bond acceptors (Lipinski definition) is 0. The number of allylic oxidation sites excluding steroid dienone is 4. The maximum absolute atomic E-state index is 11.6. The van der Waals surface area contributed by atoms with Gasteiger partial charge in [-0.2, -0.15) is 0 Å². The van der Waals surface area contributed by atoms with E-state index in [0.717, 1.165) is 18.4 Å². The van der Waals surface area contributed by atoms with E-state index >= 15 is 0 Å². The van der Waals surface area contributed by atoms with Crippen LogP contribution >= 0.6 is 0 Å². The zero-order valence-corrected chi connectivity index (χ0v) is 7.72. The highest BCUT2D eigenvalue weighted by Crippen LogP contribution is 2.09. The maximum atomic E-state index is 11.6. The molecule has 0 fully saturated rings. The molecular formula is C11H17F. The molecule has 12 heavy (non-hydrogen) atoms. The molecule has 0 unspecified atom stereocenters. The summed E-state index contributed by atoms with van der Waals surface area (Å²) in [6.45, 7) is 5.83. The largest absolute Gasteiger partial charge is 0.216 e. The highest BCUT2D eigenvalue weighted by molar-refractivity contribution is 5.21. The third kappa shape index (κ3) is 5.90. The first kappa shape index (κ1) is 11.2. The number of halogens is 1. The van der Waals surface area contributed by atoms with E-state index in [1.54, 1.807) is 12.2 Å². The molecule has 0 rings (SSSR count). The van der Waals surface area contributed by atoms with Crippen molar-refractivity contribution >= 4 is 0 Å². The van der Waals surface area contributed by atoms with Crippen LogP contribution in [0.4, 0.5) is 4.39 Å². The van der Waals surface area contributed by atoms with Crippen molar-refractivity contribution < 1.29 is 4.39 Å². The summed E-state index contributed by atoms with van der Waals surface area (Å²) in [7, 11) is 0. The molecule has 0 aliphatic rings. The van der Waals surface area contributed by atoms with Crippen molar-refractivity contribution in [2.45, 2.75) is 32.6 Å². The third-order valence-electron chi connectivity index (χ3n) is 1.71. The van der Waals surface area contributed by atoms with Crippen molar-refractivity contribution in [2.75, 3.05) is 0 Å². The molecule has 0 aromatic rings. The molecule has 0 aliphatic carbocycles. The molecule has 0 spiro atoms. The molecule has 0 saturated heterocycles. The molecule has 0 amide bonds. The predicted octanol–water partition coefficient (Wildman–Crippen LogP) is 4.16. The zero-order valence-electron chi connectivity index (χ0n) is 7.72. The topological polar surface area (TPSA) is 0 Å². The van der Waals surface area contributed by atoms with Crippen molar-refractivity contribution in [2.24, 2.45) is 0 Å². The quantitative estimate of drug-likeness (QED) is 0.412. The van der Waals surface area contributed by atoms with Crippen molar-refractivity contribution in [1.29, 1.82) is 0 Å². The molecule has 0 radical (unpaired) electrons. The molecular weight excluding hydrogens is 151 g/mol. The molecule has 0 heterocycles. The minimum Gasteiger partial charge on any atom is -0.216 e. The average Bonchev–Trinajstić information content (AvgIpc) is 2.11. The number of hydrogen-bond donors (Lipinski definition) is 0. The predicted molar refractivity (Wildman–Crippen MR) is 52.7 cm³/mol. The van der Waals surface area contributed by atoms with Crippen LogP contribution in [0.25, 0.3) is 0 Å². The summed E-state index contributed by atoms with van der Waals surface area (Å²) in [4.78, 5) is 0. The highest BCUT2D eigenvalue weighted by atomic mass is 19.1. The first-order valence-corrected chi connectivity index (χ1v) is 4.43. The van der Waals surface area contributed by atoms with Crippen LogP contribution in [0.3, 0.4) is 0 Å². The van der Waals surface area contributed by atoms with Gasteiger partial charge in [0.15, 0.2) is 0 Å². The zero-order chi connectivity index (χ0) is 9.23. The molecule has 1 heteroatoms. The Morgan fingerprint density at radius 3 is 2.67 bits per heavy atom. The maximum Gasteiger partial charge on any atom is 0.0867 e. The van der Waals surface area contributed by atoms with Crippen LogP contribution in [0, 0.1) is 0 Å². The van der Waals surface area contributed by atoms with Crippen LogP contribution in [-0.4, -0.2) is 0 Å². The second-order valence-corrected chi connectivity index (χ2v) is 2.72. The van der Waals surface area contributed by atoms with Gasteiger partial charge in [-0.05, 0) is 24.5 Å². The first-order valence-electron chi connectivity index (χ1n) is 4.43. The van der Waals surface area contributed by atoms with Crippen LogP contribution in [0.5, 0.6) is 0 Å². The monoisotopic (exact) mass is 168 g/mol. The van der Waals surface area contributed by atoms with Gasteiger partial charge in [0.25, 0.3) is 0 Å². The van der Waals surface area contributed by atoms with E-state index < -0.39 is 0 Å². The molecule has 0 nitrogen and oxygen atoms in total. The Morgan fingerprint density at radius 2 is 2.17 bits per heavy atom. The van der Waals surface area contributed by atoms with E-state index in [1.807, 2.05) is 0 Å². The van der Waals surface area contributed by atoms with Gasteiger partial charge in [0.2, 0.25) is 0 Å². The molecule has 0 N–H and O–H groups in total. The number of unbranched alkanes of at least 4 members (excludes halogenated alkanes) is 2. The minimum atomic E-state index is 0.545. The first-order chi connectivity index (χ1) is 5.85. The summed E-state index contributed by atoms with van der Waals surface area (Å²) in [5.74, 6) is 0. The van der Waals surface area contributed by atoms with Crippen molar-refractivity contribution in [3.63, 3.8) is 0 Å². The van der Waals surface area contributed by atoms with E-state index in [2.05, 4.69) is 13.5 Å². The Balaban J connectivity index is 3.74. The lowest BCUT2D eigenvalue weighted by atomic mass is 10.1. The van der Waals surface area contributed by atoms with Gasteiger partial charge < -0.3 is 0 Å². The fourth-order valence-electron chi connectivity index (χ4n) is 0.993. The Bertz CT molecular complexity index is 166. The van der Waals surface area contributed by atoms with Crippen LogP contribution in [0.2, 0.25) is 0 Å². The van der Waals surface area contributed by atoms with Gasteiger partial charge in [-0.1, -0.05) is 38.5 Å². The van der Waals surface area contributed by atoms with Crippen LogP contribution in [-0.2, 0) is 0 Å². The molecule has 0 atom stereocenters. The summed E-state index contributed by atoms with van der Waals surface area (Å²) in [6, 6.07) is 0. The second kappa shape index (κ2) is 8.25. The van der Waals surface area contributed by atoms with Crippen molar-refractivity contribution in [1.82, 2.24) is 0 Å². The summed E-state index contributed by atoms with van der Waals surface area (Å²) < 4.78 is 11.6. The summed E-state index contributed by atoms with van der Waals surface area (Å²) in [6.07, 6.45) is 10.1. The van der Waals surface area contributed by atoms with Crippen molar-refractivity contribution in [3.8, 4) is 0 Å². The average molecular weight is 168 g/mol. The molecule has 0 aliphatic heterocycles. The lowest BCUT2D eigenvalue weighted by Crippen LogP contribution is -1.79. The van der Waals surface area contributed by atoms with Gasteiger partial charge in [0.05, 0.1) is 6.33 Å². The lowest BCUT2D eigenvalue weighted by molar-refractivity contribution is 0.715. The van der Waals surface area contributed by atoms with E-state index in [1.165, 1.54) is 18.9 Å². The fourth-order valence-corrected chi connectivity index (χ4v) is 0.993. The van der Waals surface area contributed by atoms with Gasteiger partial charge in [-0.25, -0.2) is 4.39 Å². The van der Waals surface area contributed by atoms with Gasteiger partial charge in [0, 0.05) is 0 Å². The Morgan fingerprint density at radius 1 is 1.42 bits per heavy atom. The summed E-state index contributed by atoms with van der Waals surface area (Å²) in [5, 5.41) is 0. The Labute approximate surface area is 74.5 Å². The molecule has 68 valence electrons. The van der Waals surface area contributed by atoms with Crippen LogP contribution < -0.4 is 0 Å². The lowest BCUT2D eigenvalue weighted by Gasteiger charge is -1.98. The van der Waals surface area contributed by atoms with E-state index in [0.29, 0.717) is 6.33 Å². The van der Waals surface area contributed by atoms with Gasteiger partial charge >= 0.3 is 0 Å². The molecule has 0 aromatic heterocycles. The van der Waals surface area contributed by atoms with Crippen LogP contribution in [0.1, 0.15) is 32.6 Å². The van der Waals surface area contributed by atoms with Crippen molar-refractivity contribution in [3.05, 3.63) is 36.7 Å². The second-order valence-electron chi connectivity index (χ2n) is 2.72. The SMILES string of the molecule is C=C/C(=C\C=C\F)CCCCC. The third-order valence-corrected chi connectivity index (χ3v) is 1.71. The number of rotatable bonds is 6. The smallest absolute Gasteiger partial charge is 0.0867 e. The molecule has 0 bridgehead atoms. The fraction of sp³-hybridized carbons (Fsp3) is 0.455. The van der Waals surface area contributed by atoms with Gasteiger partial charge in [-0.15, -0.1) is 0 Å². The minimum absolute atomic E-state index is 0.545. The molecule has 0 aromatic carbocycles.